The van der Waals surface area contributed by atoms with Gasteiger partial charge in [0.05, 0.1) is 11.3 Å². The highest BCUT2D eigenvalue weighted by Gasteiger charge is 2.37. The molecule has 1 amide bonds. The van der Waals surface area contributed by atoms with Gasteiger partial charge in [0.1, 0.15) is 0 Å². The molecule has 102 valence electrons. The molecule has 0 aromatic heterocycles. The first-order chi connectivity index (χ1) is 9.07. The number of nitrogens with zero attached hydrogens (tertiary/aromatic N) is 1. The van der Waals surface area contributed by atoms with Crippen molar-refractivity contribution in [1.29, 1.82) is 0 Å². The summed E-state index contributed by atoms with van der Waals surface area (Å²) in [5.41, 5.74) is 3.23. The summed E-state index contributed by atoms with van der Waals surface area (Å²) in [6.07, 6.45) is 1.72. The fraction of sp³-hybridized carbons (Fsp3) is 0.467. The molecule has 0 radical (unpaired) electrons. The number of carbonyl (C=O) groups excluding carboxylic acids is 2. The van der Waals surface area contributed by atoms with Gasteiger partial charge in [-0.15, -0.1) is 0 Å². The third-order valence-electron chi connectivity index (χ3n) is 3.50. The lowest BCUT2D eigenvalue weighted by Crippen LogP contribution is -2.31. The van der Waals surface area contributed by atoms with Gasteiger partial charge in [0.25, 0.3) is 11.7 Å². The summed E-state index contributed by atoms with van der Waals surface area (Å²) in [6, 6.07) is 3.86. The Morgan fingerprint density at radius 2 is 1.79 bits per heavy atom. The van der Waals surface area contributed by atoms with E-state index in [0.29, 0.717) is 18.7 Å². The molecule has 4 heteroatoms. The smallest absolute Gasteiger partial charge is 0.299 e. The van der Waals surface area contributed by atoms with Gasteiger partial charge in [-0.2, -0.15) is 0 Å². The van der Waals surface area contributed by atoms with Gasteiger partial charge < -0.3 is 9.64 Å². The lowest BCUT2D eigenvalue weighted by molar-refractivity contribution is -0.114. The van der Waals surface area contributed by atoms with Crippen LogP contribution in [-0.4, -0.2) is 32.0 Å². The van der Waals surface area contributed by atoms with E-state index in [2.05, 4.69) is 0 Å². The van der Waals surface area contributed by atoms with E-state index in [1.807, 2.05) is 26.0 Å². The molecule has 0 unspecified atom stereocenters. The minimum Gasteiger partial charge on any atom is -0.385 e. The SMILES string of the molecule is COCCCCN1C(=O)C(=O)c2c(C)ccc(C)c21. The van der Waals surface area contributed by atoms with Crippen molar-refractivity contribution < 1.29 is 14.3 Å². The van der Waals surface area contributed by atoms with E-state index in [-0.39, 0.29) is 5.78 Å². The highest BCUT2D eigenvalue weighted by molar-refractivity contribution is 6.52. The number of aryl methyl sites for hydroxylation is 2. The van der Waals surface area contributed by atoms with Gasteiger partial charge >= 0.3 is 0 Å². The summed E-state index contributed by atoms with van der Waals surface area (Å²) >= 11 is 0. The fourth-order valence-corrected chi connectivity index (χ4v) is 2.49. The van der Waals surface area contributed by atoms with Gasteiger partial charge in [-0.05, 0) is 37.8 Å². The second-order valence-electron chi connectivity index (χ2n) is 4.91. The molecule has 0 aliphatic carbocycles. The van der Waals surface area contributed by atoms with E-state index in [9.17, 15) is 9.59 Å². The van der Waals surface area contributed by atoms with Crippen LogP contribution in [0.4, 0.5) is 5.69 Å². The number of rotatable bonds is 5. The molecule has 1 aromatic carbocycles. The average Bonchev–Trinajstić information content (AvgIpc) is 2.65. The number of amides is 1. The standard InChI is InChI=1S/C15H19NO3/c1-10-6-7-11(2)13-12(10)14(17)15(18)16(13)8-4-5-9-19-3/h6-7H,4-5,8-9H2,1-3H3. The maximum Gasteiger partial charge on any atom is 0.299 e. The number of Topliss-reactive ketones (excluding diaryl/α,β-unsaturated/α-hetero) is 1. The maximum absolute atomic E-state index is 12.1. The highest BCUT2D eigenvalue weighted by Crippen LogP contribution is 2.34. The quantitative estimate of drug-likeness (QED) is 0.603. The number of fused-ring (bicyclic) bond motifs is 1. The van der Waals surface area contributed by atoms with Crippen molar-refractivity contribution in [2.45, 2.75) is 26.7 Å². The zero-order chi connectivity index (χ0) is 14.0. The normalized spacial score (nSPS) is 14.2. The van der Waals surface area contributed by atoms with Crippen LogP contribution in [0.15, 0.2) is 12.1 Å². The minimum absolute atomic E-state index is 0.372. The van der Waals surface area contributed by atoms with E-state index in [1.54, 1.807) is 12.0 Å². The molecule has 2 rings (SSSR count). The number of hydrogen-bond acceptors (Lipinski definition) is 3. The van der Waals surface area contributed by atoms with Crippen molar-refractivity contribution in [3.8, 4) is 0 Å². The lowest BCUT2D eigenvalue weighted by Gasteiger charge is -2.18. The van der Waals surface area contributed by atoms with Gasteiger partial charge in [-0.25, -0.2) is 0 Å². The van der Waals surface area contributed by atoms with E-state index in [4.69, 9.17) is 4.74 Å². The van der Waals surface area contributed by atoms with E-state index in [0.717, 1.165) is 29.7 Å². The molecule has 1 aromatic rings. The second kappa shape index (κ2) is 5.53. The summed E-state index contributed by atoms with van der Waals surface area (Å²) in [4.78, 5) is 25.7. The molecule has 1 aliphatic rings. The Bertz CT molecular complexity index is 522. The minimum atomic E-state index is -0.398. The Morgan fingerprint density at radius 3 is 2.47 bits per heavy atom. The molecule has 0 N–H and O–H groups in total. The zero-order valence-electron chi connectivity index (χ0n) is 11.7. The third-order valence-corrected chi connectivity index (χ3v) is 3.50. The van der Waals surface area contributed by atoms with E-state index < -0.39 is 5.91 Å². The lowest BCUT2D eigenvalue weighted by atomic mass is 10.0. The molecule has 19 heavy (non-hydrogen) atoms. The van der Waals surface area contributed by atoms with Crippen LogP contribution in [0.25, 0.3) is 0 Å². The van der Waals surface area contributed by atoms with Crippen molar-refractivity contribution in [1.82, 2.24) is 0 Å². The van der Waals surface area contributed by atoms with Crippen LogP contribution in [0.2, 0.25) is 0 Å². The van der Waals surface area contributed by atoms with Crippen molar-refractivity contribution in [3.63, 3.8) is 0 Å². The summed E-state index contributed by atoms with van der Waals surface area (Å²) in [5.74, 6) is -0.771. The number of anilines is 1. The molecule has 0 atom stereocenters. The predicted octanol–water partition coefficient (Wildman–Crippen LogP) is 2.26. The number of ketones is 1. The number of ether oxygens (including phenoxy) is 1. The number of benzene rings is 1. The van der Waals surface area contributed by atoms with E-state index in [1.165, 1.54) is 0 Å². The molecule has 0 saturated heterocycles. The van der Waals surface area contributed by atoms with Crippen LogP contribution in [-0.2, 0) is 9.53 Å². The molecule has 0 bridgehead atoms. The summed E-state index contributed by atoms with van der Waals surface area (Å²) in [5, 5.41) is 0. The molecule has 0 spiro atoms. The first-order valence-corrected chi connectivity index (χ1v) is 6.53. The predicted molar refractivity (Wildman–Crippen MR) is 73.7 cm³/mol. The first kappa shape index (κ1) is 13.7. The first-order valence-electron chi connectivity index (χ1n) is 6.53. The van der Waals surface area contributed by atoms with E-state index >= 15 is 0 Å². The van der Waals surface area contributed by atoms with Crippen molar-refractivity contribution >= 4 is 17.4 Å². The Kier molecular flexibility index (Phi) is 4.00. The second-order valence-corrected chi connectivity index (χ2v) is 4.91. The molecule has 1 aliphatic heterocycles. The molecule has 0 saturated carbocycles. The molecular weight excluding hydrogens is 242 g/mol. The largest absolute Gasteiger partial charge is 0.385 e. The van der Waals surface area contributed by atoms with Crippen molar-refractivity contribution in [3.05, 3.63) is 28.8 Å². The molecular formula is C15H19NO3. The molecule has 0 fully saturated rings. The number of hydrogen-bond donors (Lipinski definition) is 0. The Labute approximate surface area is 113 Å². The van der Waals surface area contributed by atoms with Crippen molar-refractivity contribution in [2.75, 3.05) is 25.2 Å². The summed E-state index contributed by atoms with van der Waals surface area (Å²) in [7, 11) is 1.66. The van der Waals surface area contributed by atoms with Crippen LogP contribution in [0, 0.1) is 13.8 Å². The topological polar surface area (TPSA) is 46.6 Å². The van der Waals surface area contributed by atoms with Crippen molar-refractivity contribution in [2.24, 2.45) is 0 Å². The number of unbranched alkanes of at least 4 members (excludes halogenated alkanes) is 1. The van der Waals surface area contributed by atoms with Gasteiger partial charge in [0, 0.05) is 20.3 Å². The number of carbonyl (C=O) groups is 2. The Balaban J connectivity index is 2.26. The van der Waals surface area contributed by atoms with Gasteiger partial charge in [-0.1, -0.05) is 12.1 Å². The highest BCUT2D eigenvalue weighted by atomic mass is 16.5. The summed E-state index contributed by atoms with van der Waals surface area (Å²) < 4.78 is 5.00. The molecule has 1 heterocycles. The summed E-state index contributed by atoms with van der Waals surface area (Å²) in [6.45, 7) is 5.06. The maximum atomic E-state index is 12.1. The monoisotopic (exact) mass is 261 g/mol. The molecule has 4 nitrogen and oxygen atoms in total. The van der Waals surface area contributed by atoms with Crippen LogP contribution < -0.4 is 4.90 Å². The van der Waals surface area contributed by atoms with Crippen LogP contribution in [0.1, 0.15) is 34.3 Å². The van der Waals surface area contributed by atoms with Gasteiger partial charge in [-0.3, -0.25) is 9.59 Å². The fourth-order valence-electron chi connectivity index (χ4n) is 2.49. The van der Waals surface area contributed by atoms with Gasteiger partial charge in [0.15, 0.2) is 0 Å². The Morgan fingerprint density at radius 1 is 1.11 bits per heavy atom. The van der Waals surface area contributed by atoms with Crippen LogP contribution >= 0.6 is 0 Å². The number of methoxy groups -OCH3 is 1. The third kappa shape index (κ3) is 2.40. The Hall–Kier alpha value is -1.68. The zero-order valence-corrected chi connectivity index (χ0v) is 11.7. The average molecular weight is 261 g/mol. The van der Waals surface area contributed by atoms with Gasteiger partial charge in [0.2, 0.25) is 0 Å². The van der Waals surface area contributed by atoms with Crippen LogP contribution in [0.5, 0.6) is 0 Å². The van der Waals surface area contributed by atoms with Crippen LogP contribution in [0.3, 0.4) is 0 Å².